The summed E-state index contributed by atoms with van der Waals surface area (Å²) < 4.78 is 35.3. The lowest BCUT2D eigenvalue weighted by atomic mass is 9.87. The molecule has 200 valence electrons. The zero-order chi connectivity index (χ0) is 27.1. The van der Waals surface area contributed by atoms with E-state index in [-0.39, 0.29) is 34.8 Å². The van der Waals surface area contributed by atoms with Gasteiger partial charge in [-0.2, -0.15) is 4.98 Å². The second-order valence-corrected chi connectivity index (χ2v) is 12.2. The highest BCUT2D eigenvalue weighted by molar-refractivity contribution is 7.92. The van der Waals surface area contributed by atoms with E-state index in [2.05, 4.69) is 38.8 Å². The largest absolute Gasteiger partial charge is 0.475 e. The number of rotatable bonds is 2. The Morgan fingerprint density at radius 1 is 1.00 bits per heavy atom. The van der Waals surface area contributed by atoms with Crippen molar-refractivity contribution in [2.75, 3.05) is 24.4 Å². The predicted molar refractivity (Wildman–Crippen MR) is 146 cm³/mol. The number of piperidine rings is 1. The third kappa shape index (κ3) is 5.23. The maximum Gasteiger partial charge on any atom is 0.264 e. The Balaban J connectivity index is 1.62. The molecule has 1 saturated heterocycles. The molecule has 0 atom stereocenters. The van der Waals surface area contributed by atoms with Crippen LogP contribution in [0.1, 0.15) is 48.2 Å². The molecule has 0 aliphatic carbocycles. The number of sulfonamides is 1. The van der Waals surface area contributed by atoms with Crippen LogP contribution in [0.15, 0.2) is 53.4 Å². The van der Waals surface area contributed by atoms with Crippen LogP contribution in [-0.4, -0.2) is 60.5 Å². The number of likely N-dealkylation sites (tertiary alicyclic amines) is 1. The highest BCUT2D eigenvalue weighted by Crippen LogP contribution is 2.31. The standard InChI is InChI=1S/C28H33N5O4S/c1-18(2)33-13-11-28(12-14-33)17-37-24-16-23(25-19(3)7-5-8-20(25)4)29-27(30-24)32-38(35,36)22-10-6-9-21(15-22)26(34)31-28/h5-10,15-16,18H,11-14,17H2,1-4H3,(H,31,34)(H,29,30,32). The van der Waals surface area contributed by atoms with Gasteiger partial charge in [0.15, 0.2) is 0 Å². The lowest BCUT2D eigenvalue weighted by Crippen LogP contribution is -2.59. The number of hydrogen-bond donors (Lipinski definition) is 2. The van der Waals surface area contributed by atoms with E-state index >= 15 is 0 Å². The summed E-state index contributed by atoms with van der Waals surface area (Å²) in [7, 11) is -4.07. The number of ether oxygens (including phenoxy) is 1. The highest BCUT2D eigenvalue weighted by Gasteiger charge is 2.38. The summed E-state index contributed by atoms with van der Waals surface area (Å²) in [6.45, 7) is 10.1. The first-order chi connectivity index (χ1) is 18.1. The van der Waals surface area contributed by atoms with E-state index in [4.69, 9.17) is 4.74 Å². The number of fused-ring (bicyclic) bond motifs is 4. The minimum atomic E-state index is -4.07. The van der Waals surface area contributed by atoms with E-state index < -0.39 is 15.6 Å². The van der Waals surface area contributed by atoms with Crippen molar-refractivity contribution in [3.8, 4) is 17.1 Å². The second-order valence-electron chi connectivity index (χ2n) is 10.5. The van der Waals surface area contributed by atoms with Gasteiger partial charge < -0.3 is 15.0 Å². The molecule has 0 radical (unpaired) electrons. The van der Waals surface area contributed by atoms with Gasteiger partial charge in [0.05, 0.1) is 16.1 Å². The van der Waals surface area contributed by atoms with Gasteiger partial charge in [0.1, 0.15) is 6.61 Å². The van der Waals surface area contributed by atoms with E-state index in [1.807, 2.05) is 32.0 Å². The Hall–Kier alpha value is -3.50. The zero-order valence-corrected chi connectivity index (χ0v) is 22.9. The molecule has 3 aromatic rings. The van der Waals surface area contributed by atoms with Crippen LogP contribution in [0.2, 0.25) is 0 Å². The lowest BCUT2D eigenvalue weighted by molar-refractivity contribution is 0.0590. The molecule has 0 unspecified atom stereocenters. The quantitative estimate of drug-likeness (QED) is 0.511. The number of aromatic nitrogens is 2. The van der Waals surface area contributed by atoms with Gasteiger partial charge in [-0.3, -0.25) is 4.79 Å². The number of carbonyl (C=O) groups is 1. The molecule has 1 amide bonds. The molecule has 2 aliphatic rings. The van der Waals surface area contributed by atoms with Gasteiger partial charge in [0, 0.05) is 36.3 Å². The molecule has 10 heteroatoms. The van der Waals surface area contributed by atoms with E-state index in [1.165, 1.54) is 12.1 Å². The normalized spacial score (nSPS) is 18.9. The van der Waals surface area contributed by atoms with Crippen molar-refractivity contribution in [3.05, 3.63) is 65.2 Å². The molecular formula is C28H33N5O4S. The van der Waals surface area contributed by atoms with Crippen LogP contribution in [0, 0.1) is 13.8 Å². The molecule has 1 spiro atoms. The molecule has 2 aliphatic heterocycles. The first-order valence-electron chi connectivity index (χ1n) is 12.8. The van der Waals surface area contributed by atoms with Gasteiger partial charge in [0.25, 0.3) is 15.9 Å². The van der Waals surface area contributed by atoms with Gasteiger partial charge in [-0.15, -0.1) is 0 Å². The molecule has 1 fully saturated rings. The third-order valence-electron chi connectivity index (χ3n) is 7.43. The van der Waals surface area contributed by atoms with Crippen LogP contribution in [-0.2, 0) is 10.0 Å². The first-order valence-corrected chi connectivity index (χ1v) is 14.3. The van der Waals surface area contributed by atoms with E-state index in [1.54, 1.807) is 18.2 Å². The fourth-order valence-corrected chi connectivity index (χ4v) is 6.16. The first kappa shape index (κ1) is 26.1. The summed E-state index contributed by atoms with van der Waals surface area (Å²) in [6, 6.07) is 14.1. The highest BCUT2D eigenvalue weighted by atomic mass is 32.2. The van der Waals surface area contributed by atoms with Crippen LogP contribution in [0.5, 0.6) is 5.88 Å². The molecule has 4 bridgehead atoms. The number of hydrogen-bond acceptors (Lipinski definition) is 7. The number of aryl methyl sites for hydroxylation is 2. The molecule has 38 heavy (non-hydrogen) atoms. The predicted octanol–water partition coefficient (Wildman–Crippen LogP) is 3.93. The molecule has 3 heterocycles. The summed E-state index contributed by atoms with van der Waals surface area (Å²) in [4.78, 5) is 24.7. The Kier molecular flexibility index (Phi) is 6.87. The fraction of sp³-hybridized carbons (Fsp3) is 0.393. The summed E-state index contributed by atoms with van der Waals surface area (Å²) in [5, 5.41) is 3.19. The number of nitrogens with zero attached hydrogens (tertiary/aromatic N) is 3. The number of benzene rings is 2. The molecule has 5 rings (SSSR count). The van der Waals surface area contributed by atoms with Crippen molar-refractivity contribution < 1.29 is 17.9 Å². The van der Waals surface area contributed by atoms with Crippen molar-refractivity contribution >= 4 is 21.9 Å². The number of amides is 1. The second kappa shape index (κ2) is 9.99. The average Bonchev–Trinajstić information content (AvgIpc) is 2.87. The van der Waals surface area contributed by atoms with Gasteiger partial charge >= 0.3 is 0 Å². The summed E-state index contributed by atoms with van der Waals surface area (Å²) in [5.74, 6) is -0.189. The monoisotopic (exact) mass is 535 g/mol. The minimum absolute atomic E-state index is 0.0448. The van der Waals surface area contributed by atoms with Gasteiger partial charge in [-0.1, -0.05) is 24.3 Å². The van der Waals surface area contributed by atoms with Crippen molar-refractivity contribution in [3.63, 3.8) is 0 Å². The van der Waals surface area contributed by atoms with Crippen molar-refractivity contribution in [2.45, 2.75) is 57.0 Å². The number of nitrogens with one attached hydrogen (secondary N) is 2. The Morgan fingerprint density at radius 3 is 2.37 bits per heavy atom. The summed E-state index contributed by atoms with van der Waals surface area (Å²) >= 11 is 0. The zero-order valence-electron chi connectivity index (χ0n) is 22.1. The van der Waals surface area contributed by atoms with E-state index in [9.17, 15) is 13.2 Å². The van der Waals surface area contributed by atoms with Crippen LogP contribution < -0.4 is 14.8 Å². The Morgan fingerprint density at radius 2 is 1.68 bits per heavy atom. The third-order valence-corrected chi connectivity index (χ3v) is 8.76. The van der Waals surface area contributed by atoms with Crippen LogP contribution >= 0.6 is 0 Å². The summed E-state index contributed by atoms with van der Waals surface area (Å²) in [5.41, 5.74) is 3.07. The molecule has 9 nitrogen and oxygen atoms in total. The van der Waals surface area contributed by atoms with Crippen LogP contribution in [0.3, 0.4) is 0 Å². The molecular weight excluding hydrogens is 502 g/mol. The topological polar surface area (TPSA) is 114 Å². The molecule has 2 aromatic carbocycles. The Labute approximate surface area is 223 Å². The molecule has 2 N–H and O–H groups in total. The number of anilines is 1. The Bertz CT molecular complexity index is 1460. The van der Waals surface area contributed by atoms with Crippen molar-refractivity contribution in [1.29, 1.82) is 0 Å². The van der Waals surface area contributed by atoms with E-state index in [0.717, 1.165) is 29.8 Å². The maximum atomic E-state index is 13.4. The van der Waals surface area contributed by atoms with Crippen LogP contribution in [0.25, 0.3) is 11.3 Å². The van der Waals surface area contributed by atoms with Gasteiger partial charge in [0.2, 0.25) is 11.8 Å². The van der Waals surface area contributed by atoms with Crippen LogP contribution in [0.4, 0.5) is 5.95 Å². The maximum absolute atomic E-state index is 13.4. The molecule has 0 saturated carbocycles. The number of carbonyl (C=O) groups excluding carboxylic acids is 1. The fourth-order valence-electron chi connectivity index (χ4n) is 5.17. The minimum Gasteiger partial charge on any atom is -0.475 e. The summed E-state index contributed by atoms with van der Waals surface area (Å²) in [6.07, 6.45) is 1.38. The van der Waals surface area contributed by atoms with Gasteiger partial charge in [-0.25, -0.2) is 18.1 Å². The van der Waals surface area contributed by atoms with Crippen molar-refractivity contribution in [2.24, 2.45) is 0 Å². The van der Waals surface area contributed by atoms with Gasteiger partial charge in [-0.05, 0) is 69.9 Å². The van der Waals surface area contributed by atoms with E-state index in [0.29, 0.717) is 24.6 Å². The molecule has 1 aromatic heterocycles. The lowest BCUT2D eigenvalue weighted by Gasteiger charge is -2.43. The smallest absolute Gasteiger partial charge is 0.264 e. The SMILES string of the molecule is Cc1cccc(C)c1-c1cc2nc(n1)NS(=O)(=O)c1cccc(c1)C(=O)NC1(CCN(C(C)C)CC1)CO2. The average molecular weight is 536 g/mol. The van der Waals surface area contributed by atoms with Crippen molar-refractivity contribution in [1.82, 2.24) is 20.2 Å².